The van der Waals surface area contributed by atoms with E-state index < -0.39 is 0 Å². The van der Waals surface area contributed by atoms with Gasteiger partial charge in [-0.25, -0.2) is 0 Å². The number of nitrogens with zero attached hydrogens (tertiary/aromatic N) is 2. The van der Waals surface area contributed by atoms with E-state index in [1.54, 1.807) is 30.7 Å². The number of carbonyl (C=O) groups excluding carboxylic acids is 1. The van der Waals surface area contributed by atoms with Gasteiger partial charge >= 0.3 is 0 Å². The van der Waals surface area contributed by atoms with Crippen LogP contribution in [0.15, 0.2) is 71.9 Å². The van der Waals surface area contributed by atoms with Gasteiger partial charge in [-0.3, -0.25) is 14.6 Å². The van der Waals surface area contributed by atoms with Crippen LogP contribution in [0.25, 0.3) is 0 Å². The van der Waals surface area contributed by atoms with Crippen LogP contribution in [0.1, 0.15) is 21.5 Å². The van der Waals surface area contributed by atoms with E-state index in [9.17, 15) is 9.59 Å². The van der Waals surface area contributed by atoms with Gasteiger partial charge in [0, 0.05) is 18.5 Å². The molecule has 0 bridgehead atoms. The molecule has 0 aliphatic heterocycles. The van der Waals surface area contributed by atoms with Gasteiger partial charge < -0.3 is 9.88 Å². The lowest BCUT2D eigenvalue weighted by Gasteiger charge is -2.09. The molecule has 0 fully saturated rings. The van der Waals surface area contributed by atoms with Gasteiger partial charge in [0.05, 0.1) is 24.0 Å². The number of benzene rings is 1. The number of pyridine rings is 2. The molecular formula is C19H17N3O2. The number of carbonyl (C=O) groups is 1. The molecule has 120 valence electrons. The molecule has 3 rings (SSSR count). The molecular weight excluding hydrogens is 302 g/mol. The first-order valence-corrected chi connectivity index (χ1v) is 7.59. The normalized spacial score (nSPS) is 10.4. The second-order valence-corrected chi connectivity index (χ2v) is 5.57. The Morgan fingerprint density at radius 2 is 1.92 bits per heavy atom. The van der Waals surface area contributed by atoms with Crippen LogP contribution in [-0.2, 0) is 6.54 Å². The van der Waals surface area contributed by atoms with Crippen molar-refractivity contribution in [3.8, 4) is 0 Å². The summed E-state index contributed by atoms with van der Waals surface area (Å²) in [6.07, 6.45) is 4.78. The van der Waals surface area contributed by atoms with Crippen LogP contribution >= 0.6 is 0 Å². The minimum Gasteiger partial charge on any atom is -0.321 e. The van der Waals surface area contributed by atoms with Crippen LogP contribution in [0.3, 0.4) is 0 Å². The van der Waals surface area contributed by atoms with Gasteiger partial charge in [-0.1, -0.05) is 29.8 Å². The summed E-state index contributed by atoms with van der Waals surface area (Å²) in [4.78, 5) is 28.3. The Kier molecular flexibility index (Phi) is 4.52. The summed E-state index contributed by atoms with van der Waals surface area (Å²) in [6, 6.07) is 14.4. The Morgan fingerprint density at radius 3 is 2.62 bits per heavy atom. The first-order valence-electron chi connectivity index (χ1n) is 7.59. The fraction of sp³-hybridized carbons (Fsp3) is 0.105. The molecule has 2 heterocycles. The van der Waals surface area contributed by atoms with E-state index in [-0.39, 0.29) is 11.5 Å². The molecule has 0 atom stereocenters. The number of hydrogen-bond acceptors (Lipinski definition) is 3. The maximum Gasteiger partial charge on any atom is 0.257 e. The van der Waals surface area contributed by atoms with E-state index in [1.807, 2.05) is 31.2 Å². The molecule has 2 aromatic heterocycles. The minimum atomic E-state index is -0.277. The molecule has 0 spiro atoms. The highest BCUT2D eigenvalue weighted by Gasteiger charge is 2.08. The third kappa shape index (κ3) is 3.76. The molecule has 24 heavy (non-hydrogen) atoms. The molecule has 1 aromatic carbocycles. The van der Waals surface area contributed by atoms with Gasteiger partial charge in [-0.05, 0) is 30.7 Å². The van der Waals surface area contributed by atoms with Crippen molar-refractivity contribution in [1.29, 1.82) is 0 Å². The summed E-state index contributed by atoms with van der Waals surface area (Å²) in [7, 11) is 0. The van der Waals surface area contributed by atoms with E-state index in [1.165, 1.54) is 16.7 Å². The number of aryl methyl sites for hydroxylation is 1. The van der Waals surface area contributed by atoms with Crippen molar-refractivity contribution in [2.45, 2.75) is 13.5 Å². The lowest BCUT2D eigenvalue weighted by atomic mass is 10.1. The van der Waals surface area contributed by atoms with E-state index in [2.05, 4.69) is 10.3 Å². The Hall–Kier alpha value is -3.21. The topological polar surface area (TPSA) is 64.0 Å². The smallest absolute Gasteiger partial charge is 0.257 e. The third-order valence-corrected chi connectivity index (χ3v) is 3.64. The molecule has 1 N–H and O–H groups in total. The van der Waals surface area contributed by atoms with Crippen molar-refractivity contribution >= 4 is 11.6 Å². The van der Waals surface area contributed by atoms with Crippen LogP contribution in [0.4, 0.5) is 5.69 Å². The van der Waals surface area contributed by atoms with Crippen molar-refractivity contribution in [3.05, 3.63) is 94.2 Å². The molecule has 0 saturated carbocycles. The molecule has 1 amide bonds. The Balaban J connectivity index is 1.81. The SMILES string of the molecule is Cc1ccc(Cn2cc(C(=O)Nc3cccnc3)ccc2=O)cc1. The van der Waals surface area contributed by atoms with E-state index in [4.69, 9.17) is 0 Å². The number of nitrogens with one attached hydrogen (secondary N) is 1. The van der Waals surface area contributed by atoms with Crippen molar-refractivity contribution in [2.75, 3.05) is 5.32 Å². The summed E-state index contributed by atoms with van der Waals surface area (Å²) in [5, 5.41) is 2.76. The molecule has 5 heteroatoms. The molecule has 5 nitrogen and oxygen atoms in total. The zero-order valence-electron chi connectivity index (χ0n) is 13.3. The Morgan fingerprint density at radius 1 is 1.12 bits per heavy atom. The van der Waals surface area contributed by atoms with E-state index in [0.29, 0.717) is 17.8 Å². The van der Waals surface area contributed by atoms with Gasteiger partial charge in [0.25, 0.3) is 11.5 Å². The maximum absolute atomic E-state index is 12.3. The average Bonchev–Trinajstić information content (AvgIpc) is 2.59. The lowest BCUT2D eigenvalue weighted by molar-refractivity contribution is 0.102. The highest BCUT2D eigenvalue weighted by molar-refractivity contribution is 6.03. The standard InChI is InChI=1S/C19H17N3O2/c1-14-4-6-15(7-5-14)12-22-13-16(8-9-18(22)23)19(24)21-17-3-2-10-20-11-17/h2-11,13H,12H2,1H3,(H,21,24). The predicted molar refractivity (Wildman–Crippen MR) is 93.2 cm³/mol. The monoisotopic (exact) mass is 319 g/mol. The molecule has 0 aliphatic carbocycles. The van der Waals surface area contributed by atoms with Crippen molar-refractivity contribution in [1.82, 2.24) is 9.55 Å². The quantitative estimate of drug-likeness (QED) is 0.804. The highest BCUT2D eigenvalue weighted by atomic mass is 16.2. The van der Waals surface area contributed by atoms with Gasteiger partial charge in [-0.2, -0.15) is 0 Å². The number of hydrogen-bond donors (Lipinski definition) is 1. The summed E-state index contributed by atoms with van der Waals surface area (Å²) in [5.74, 6) is -0.277. The third-order valence-electron chi connectivity index (χ3n) is 3.64. The van der Waals surface area contributed by atoms with Crippen molar-refractivity contribution in [2.24, 2.45) is 0 Å². The molecule has 3 aromatic rings. The van der Waals surface area contributed by atoms with E-state index >= 15 is 0 Å². The molecule has 0 saturated heterocycles. The fourth-order valence-electron chi connectivity index (χ4n) is 2.32. The predicted octanol–water partition coefficient (Wildman–Crippen LogP) is 2.85. The molecule has 0 unspecified atom stereocenters. The largest absolute Gasteiger partial charge is 0.321 e. The van der Waals surface area contributed by atoms with Crippen LogP contribution < -0.4 is 10.9 Å². The van der Waals surface area contributed by atoms with Gasteiger partial charge in [0.1, 0.15) is 0 Å². The Bertz CT molecular complexity index is 900. The van der Waals surface area contributed by atoms with Gasteiger partial charge in [0.2, 0.25) is 0 Å². The number of amides is 1. The van der Waals surface area contributed by atoms with Crippen LogP contribution in [0.2, 0.25) is 0 Å². The highest BCUT2D eigenvalue weighted by Crippen LogP contribution is 2.08. The average molecular weight is 319 g/mol. The van der Waals surface area contributed by atoms with Gasteiger partial charge in [0.15, 0.2) is 0 Å². The first-order chi connectivity index (χ1) is 11.6. The van der Waals surface area contributed by atoms with Crippen LogP contribution in [-0.4, -0.2) is 15.5 Å². The summed E-state index contributed by atoms with van der Waals surface area (Å²) < 4.78 is 1.53. The summed E-state index contributed by atoms with van der Waals surface area (Å²) in [6.45, 7) is 2.44. The first kappa shape index (κ1) is 15.7. The van der Waals surface area contributed by atoms with Crippen molar-refractivity contribution < 1.29 is 4.79 Å². The molecule has 0 radical (unpaired) electrons. The lowest BCUT2D eigenvalue weighted by Crippen LogP contribution is -2.22. The second-order valence-electron chi connectivity index (χ2n) is 5.57. The van der Waals surface area contributed by atoms with Gasteiger partial charge in [-0.15, -0.1) is 0 Å². The summed E-state index contributed by atoms with van der Waals surface area (Å²) in [5.41, 5.74) is 3.06. The molecule has 0 aliphatic rings. The summed E-state index contributed by atoms with van der Waals surface area (Å²) >= 11 is 0. The number of anilines is 1. The fourth-order valence-corrected chi connectivity index (χ4v) is 2.32. The van der Waals surface area contributed by atoms with Crippen LogP contribution in [0, 0.1) is 6.92 Å². The van der Waals surface area contributed by atoms with E-state index in [0.717, 1.165) is 11.1 Å². The number of rotatable bonds is 4. The second kappa shape index (κ2) is 6.91. The maximum atomic E-state index is 12.3. The minimum absolute atomic E-state index is 0.145. The zero-order chi connectivity index (χ0) is 16.9. The Labute approximate surface area is 139 Å². The zero-order valence-corrected chi connectivity index (χ0v) is 13.3. The van der Waals surface area contributed by atoms with Crippen LogP contribution in [0.5, 0.6) is 0 Å². The van der Waals surface area contributed by atoms with Crippen molar-refractivity contribution in [3.63, 3.8) is 0 Å². The number of aromatic nitrogens is 2.